The molecule has 0 spiro atoms. The van der Waals surface area contributed by atoms with Crippen molar-refractivity contribution in [2.24, 2.45) is 0 Å². The second-order valence-electron chi connectivity index (χ2n) is 7.29. The van der Waals surface area contributed by atoms with Crippen LogP contribution in [0.3, 0.4) is 0 Å². The number of nitrogens with zero attached hydrogens (tertiary/aromatic N) is 2. The van der Waals surface area contributed by atoms with Gasteiger partial charge in [-0.15, -0.1) is 0 Å². The molecule has 0 fully saturated rings. The largest absolute Gasteiger partial charge is 0.452 e. The molecule has 0 unspecified atom stereocenters. The maximum Gasteiger partial charge on any atom is 0.339 e. The number of carbonyl (C=O) groups excluding carboxylic acids is 2. The van der Waals surface area contributed by atoms with Gasteiger partial charge in [0, 0.05) is 16.8 Å². The van der Waals surface area contributed by atoms with Crippen LogP contribution >= 0.6 is 0 Å². The first kappa shape index (κ1) is 19.6. The molecule has 3 aromatic rings. The molecule has 0 radical (unpaired) electrons. The van der Waals surface area contributed by atoms with Crippen LogP contribution in [0, 0.1) is 11.3 Å². The van der Waals surface area contributed by atoms with Crippen LogP contribution in [0.15, 0.2) is 48.5 Å². The Kier molecular flexibility index (Phi) is 5.71. The lowest BCUT2D eigenvalue weighted by Gasteiger charge is -2.19. The number of nitriles is 1. The van der Waals surface area contributed by atoms with Crippen LogP contribution < -0.4 is 5.32 Å². The van der Waals surface area contributed by atoms with Crippen molar-refractivity contribution in [2.75, 3.05) is 11.9 Å². The first-order valence-electron chi connectivity index (χ1n) is 9.99. The molecule has 1 aliphatic rings. The summed E-state index contributed by atoms with van der Waals surface area (Å²) in [6.07, 6.45) is 4.02. The van der Waals surface area contributed by atoms with Gasteiger partial charge in [0.15, 0.2) is 6.61 Å². The van der Waals surface area contributed by atoms with E-state index in [-0.39, 0.29) is 6.61 Å². The maximum absolute atomic E-state index is 12.9. The van der Waals surface area contributed by atoms with Crippen molar-refractivity contribution in [3.8, 4) is 6.07 Å². The number of ether oxygens (including phenoxy) is 1. The predicted molar refractivity (Wildman–Crippen MR) is 113 cm³/mol. The van der Waals surface area contributed by atoms with Crippen molar-refractivity contribution in [1.82, 2.24) is 4.98 Å². The first-order valence-corrected chi connectivity index (χ1v) is 9.99. The Labute approximate surface area is 174 Å². The van der Waals surface area contributed by atoms with Gasteiger partial charge in [0.05, 0.1) is 23.6 Å². The number of esters is 1. The fourth-order valence-corrected chi connectivity index (χ4v) is 3.80. The number of rotatable bonds is 5. The number of benzene rings is 2. The summed E-state index contributed by atoms with van der Waals surface area (Å²) < 4.78 is 5.38. The lowest BCUT2D eigenvalue weighted by atomic mass is 9.90. The molecule has 1 aliphatic carbocycles. The normalized spacial score (nSPS) is 12.6. The van der Waals surface area contributed by atoms with E-state index in [4.69, 9.17) is 15.0 Å². The van der Waals surface area contributed by atoms with Gasteiger partial charge in [-0.1, -0.05) is 30.3 Å². The molecule has 1 N–H and O–H groups in total. The Morgan fingerprint density at radius 1 is 1.07 bits per heavy atom. The monoisotopic (exact) mass is 399 g/mol. The van der Waals surface area contributed by atoms with Gasteiger partial charge < -0.3 is 10.1 Å². The zero-order valence-corrected chi connectivity index (χ0v) is 16.5. The van der Waals surface area contributed by atoms with E-state index >= 15 is 0 Å². The summed E-state index contributed by atoms with van der Waals surface area (Å²) in [6, 6.07) is 16.6. The molecule has 1 aromatic heterocycles. The van der Waals surface area contributed by atoms with Gasteiger partial charge in [-0.25, -0.2) is 4.79 Å². The summed E-state index contributed by atoms with van der Waals surface area (Å²) in [5.41, 5.74) is 4.66. The van der Waals surface area contributed by atoms with Gasteiger partial charge in [0.25, 0.3) is 5.91 Å². The Bertz CT molecular complexity index is 1150. The molecule has 1 heterocycles. The quantitative estimate of drug-likeness (QED) is 0.655. The average molecular weight is 399 g/mol. The van der Waals surface area contributed by atoms with Crippen molar-refractivity contribution >= 4 is 28.5 Å². The molecule has 0 aliphatic heterocycles. The van der Waals surface area contributed by atoms with E-state index in [1.807, 2.05) is 24.3 Å². The second-order valence-corrected chi connectivity index (χ2v) is 7.29. The number of aromatic nitrogens is 1. The van der Waals surface area contributed by atoms with Gasteiger partial charge in [-0.3, -0.25) is 9.78 Å². The molecule has 4 rings (SSSR count). The van der Waals surface area contributed by atoms with Gasteiger partial charge in [-0.2, -0.15) is 5.26 Å². The number of hydrogen-bond donors (Lipinski definition) is 1. The molecule has 150 valence electrons. The number of anilines is 1. The molecule has 0 bridgehead atoms. The Morgan fingerprint density at radius 3 is 2.63 bits per heavy atom. The molecule has 30 heavy (non-hydrogen) atoms. The minimum Gasteiger partial charge on any atom is -0.452 e. The number of nitrogens with one attached hydrogen (secondary N) is 1. The number of pyridine rings is 1. The van der Waals surface area contributed by atoms with Crippen LogP contribution in [-0.2, 0) is 28.8 Å². The Balaban J connectivity index is 1.48. The van der Waals surface area contributed by atoms with Gasteiger partial charge >= 0.3 is 5.97 Å². The van der Waals surface area contributed by atoms with Gasteiger partial charge in [0.2, 0.25) is 0 Å². The lowest BCUT2D eigenvalue weighted by molar-refractivity contribution is -0.119. The van der Waals surface area contributed by atoms with E-state index in [2.05, 4.69) is 11.4 Å². The SMILES string of the molecule is N#CCc1ccc(NC(=O)COC(=O)c2c3c(nc4ccccc24)CCCC3)cc1. The average Bonchev–Trinajstić information content (AvgIpc) is 2.77. The molecule has 0 saturated heterocycles. The highest BCUT2D eigenvalue weighted by Crippen LogP contribution is 2.29. The van der Waals surface area contributed by atoms with E-state index < -0.39 is 11.9 Å². The van der Waals surface area contributed by atoms with Crippen LogP contribution in [-0.4, -0.2) is 23.5 Å². The first-order chi connectivity index (χ1) is 14.7. The maximum atomic E-state index is 12.9. The highest BCUT2D eigenvalue weighted by Gasteiger charge is 2.24. The van der Waals surface area contributed by atoms with Crippen LogP contribution in [0.25, 0.3) is 10.9 Å². The number of amides is 1. The van der Waals surface area contributed by atoms with Crippen LogP contribution in [0.4, 0.5) is 5.69 Å². The van der Waals surface area contributed by atoms with E-state index in [1.54, 1.807) is 24.3 Å². The third kappa shape index (κ3) is 4.15. The fourth-order valence-electron chi connectivity index (χ4n) is 3.80. The van der Waals surface area contributed by atoms with Crippen LogP contribution in [0.5, 0.6) is 0 Å². The number of hydrogen-bond acceptors (Lipinski definition) is 5. The Hall–Kier alpha value is -3.72. The Morgan fingerprint density at radius 2 is 1.83 bits per heavy atom. The molecular formula is C24H21N3O3. The summed E-state index contributed by atoms with van der Waals surface area (Å²) in [6.45, 7) is -0.371. The summed E-state index contributed by atoms with van der Waals surface area (Å²) in [5.74, 6) is -0.908. The highest BCUT2D eigenvalue weighted by atomic mass is 16.5. The summed E-state index contributed by atoms with van der Waals surface area (Å²) in [4.78, 5) is 29.9. The number of aryl methyl sites for hydroxylation is 1. The van der Waals surface area contributed by atoms with Crippen molar-refractivity contribution in [3.05, 3.63) is 70.9 Å². The molecule has 1 amide bonds. The molecule has 0 saturated carbocycles. The number of fused-ring (bicyclic) bond motifs is 2. The van der Waals surface area contributed by atoms with Crippen molar-refractivity contribution in [1.29, 1.82) is 5.26 Å². The predicted octanol–water partition coefficient (Wildman–Crippen LogP) is 3.98. The smallest absolute Gasteiger partial charge is 0.339 e. The van der Waals surface area contributed by atoms with E-state index in [1.165, 1.54) is 0 Å². The van der Waals surface area contributed by atoms with Crippen LogP contribution in [0.1, 0.15) is 40.0 Å². The number of carbonyl (C=O) groups is 2. The molecule has 2 aromatic carbocycles. The summed E-state index contributed by atoms with van der Waals surface area (Å²) in [7, 11) is 0. The van der Waals surface area contributed by atoms with Crippen molar-refractivity contribution < 1.29 is 14.3 Å². The molecule has 0 atom stereocenters. The minimum absolute atomic E-state index is 0.316. The number of para-hydroxylation sites is 1. The van der Waals surface area contributed by atoms with Crippen molar-refractivity contribution in [2.45, 2.75) is 32.1 Å². The fraction of sp³-hybridized carbons (Fsp3) is 0.250. The zero-order chi connectivity index (χ0) is 20.9. The lowest BCUT2D eigenvalue weighted by Crippen LogP contribution is -2.22. The minimum atomic E-state index is -0.494. The van der Waals surface area contributed by atoms with E-state index in [0.717, 1.165) is 53.4 Å². The highest BCUT2D eigenvalue weighted by molar-refractivity contribution is 6.06. The third-order valence-electron chi connectivity index (χ3n) is 5.23. The topological polar surface area (TPSA) is 92.1 Å². The van der Waals surface area contributed by atoms with Crippen molar-refractivity contribution in [3.63, 3.8) is 0 Å². The molecule has 6 nitrogen and oxygen atoms in total. The van der Waals surface area contributed by atoms with Crippen LogP contribution in [0.2, 0.25) is 0 Å². The van der Waals surface area contributed by atoms with Gasteiger partial charge in [0.1, 0.15) is 0 Å². The van der Waals surface area contributed by atoms with E-state index in [9.17, 15) is 9.59 Å². The summed E-state index contributed by atoms with van der Waals surface area (Å²) in [5, 5.41) is 12.2. The second kappa shape index (κ2) is 8.75. The standard InChI is InChI=1S/C24H21N3O3/c25-14-13-16-9-11-17(12-10-16)26-22(28)15-30-24(29)23-18-5-1-3-7-20(18)27-21-8-4-2-6-19(21)23/h1,3,5,7,9-12H,2,4,6,8,13,15H2,(H,26,28). The molecule has 6 heteroatoms. The van der Waals surface area contributed by atoms with Gasteiger partial charge in [-0.05, 0) is 55.0 Å². The third-order valence-corrected chi connectivity index (χ3v) is 5.23. The van der Waals surface area contributed by atoms with E-state index in [0.29, 0.717) is 17.7 Å². The molecular weight excluding hydrogens is 378 g/mol. The summed E-state index contributed by atoms with van der Waals surface area (Å²) >= 11 is 0. The zero-order valence-electron chi connectivity index (χ0n) is 16.5.